The molecule has 1 atom stereocenters. The monoisotopic (exact) mass is 278 g/mol. The lowest BCUT2D eigenvalue weighted by Gasteiger charge is -2.13. The van der Waals surface area contributed by atoms with Gasteiger partial charge in [0.25, 0.3) is 0 Å². The molecular weight excluding hydrogens is 260 g/mol. The summed E-state index contributed by atoms with van der Waals surface area (Å²) < 4.78 is 0. The Balaban J connectivity index is 1.83. The summed E-state index contributed by atoms with van der Waals surface area (Å²) in [7, 11) is 2.02. The molecule has 1 aliphatic rings. The third-order valence-electron chi connectivity index (χ3n) is 3.14. The zero-order valence-electron chi connectivity index (χ0n) is 11.3. The number of aromatic nitrogens is 1. The van der Waals surface area contributed by atoms with E-state index >= 15 is 0 Å². The number of pyridine rings is 1. The topological polar surface area (TPSA) is 94.6 Å². The van der Waals surface area contributed by atoms with E-state index in [1.165, 1.54) is 6.20 Å². The Morgan fingerprint density at radius 2 is 2.30 bits per heavy atom. The first-order valence-corrected chi connectivity index (χ1v) is 6.45. The quantitative estimate of drug-likeness (QED) is 0.747. The average molecular weight is 278 g/mol. The summed E-state index contributed by atoms with van der Waals surface area (Å²) in [4.78, 5) is 28.4. The first-order chi connectivity index (χ1) is 9.52. The van der Waals surface area contributed by atoms with E-state index in [-0.39, 0.29) is 18.5 Å². The van der Waals surface area contributed by atoms with Crippen LogP contribution in [0.1, 0.15) is 12.1 Å². The Hall–Kier alpha value is -2.15. The lowest BCUT2D eigenvalue weighted by molar-refractivity contribution is -0.136. The number of nitrogens with zero attached hydrogens (tertiary/aromatic N) is 2. The predicted octanol–water partition coefficient (Wildman–Crippen LogP) is 0.534. The lowest BCUT2D eigenvalue weighted by Crippen LogP contribution is -2.39. The molecule has 0 saturated carbocycles. The Morgan fingerprint density at radius 1 is 1.50 bits per heavy atom. The summed E-state index contributed by atoms with van der Waals surface area (Å²) in [5.41, 5.74) is 1.00. The molecule has 1 aromatic heterocycles. The molecule has 20 heavy (non-hydrogen) atoms. The van der Waals surface area contributed by atoms with Gasteiger partial charge in [-0.1, -0.05) is 0 Å². The second kappa shape index (κ2) is 6.33. The minimum atomic E-state index is -0.929. The van der Waals surface area contributed by atoms with Crippen LogP contribution in [0.5, 0.6) is 0 Å². The Kier molecular flexibility index (Phi) is 4.52. The Morgan fingerprint density at radius 3 is 2.85 bits per heavy atom. The van der Waals surface area contributed by atoms with E-state index in [1.807, 2.05) is 7.05 Å². The number of carbonyl (C=O) groups excluding carboxylic acids is 1. The Labute approximate surface area is 117 Å². The van der Waals surface area contributed by atoms with Crippen LogP contribution < -0.4 is 10.6 Å². The van der Waals surface area contributed by atoms with Crippen LogP contribution >= 0.6 is 0 Å². The number of carboxylic acids is 1. The van der Waals surface area contributed by atoms with Gasteiger partial charge < -0.3 is 20.6 Å². The molecule has 1 aromatic rings. The fourth-order valence-corrected chi connectivity index (χ4v) is 2.16. The van der Waals surface area contributed by atoms with Gasteiger partial charge in [-0.05, 0) is 32.1 Å². The summed E-state index contributed by atoms with van der Waals surface area (Å²) in [6.45, 7) is 1.83. The van der Waals surface area contributed by atoms with E-state index in [2.05, 4.69) is 20.5 Å². The highest BCUT2D eigenvalue weighted by Gasteiger charge is 2.20. The first-order valence-electron chi connectivity index (χ1n) is 6.45. The molecule has 0 aliphatic carbocycles. The molecule has 0 aromatic carbocycles. The number of nitrogens with one attached hydrogen (secondary N) is 2. The number of amides is 2. The maximum atomic E-state index is 11.8. The SMILES string of the molecule is CN1CCC(NC(=O)Nc2ccc(CC(=O)O)nc2)C1. The molecule has 3 N–H and O–H groups in total. The molecule has 1 aliphatic heterocycles. The third kappa shape index (κ3) is 4.20. The summed E-state index contributed by atoms with van der Waals surface area (Å²) in [5.74, 6) is -0.929. The van der Waals surface area contributed by atoms with Gasteiger partial charge in [0.1, 0.15) is 0 Å². The molecular formula is C13H18N4O3. The number of hydrogen-bond donors (Lipinski definition) is 3. The molecule has 0 spiro atoms. The standard InChI is InChI=1S/C13H18N4O3/c1-17-5-4-11(8-17)16-13(20)15-10-3-2-9(14-7-10)6-12(18)19/h2-3,7,11H,4-6,8H2,1H3,(H,18,19)(H2,15,16,20). The van der Waals surface area contributed by atoms with Crippen LogP contribution in [0.2, 0.25) is 0 Å². The molecule has 2 rings (SSSR count). The van der Waals surface area contributed by atoms with Crippen molar-refractivity contribution in [1.29, 1.82) is 0 Å². The minimum Gasteiger partial charge on any atom is -0.481 e. The zero-order chi connectivity index (χ0) is 14.5. The average Bonchev–Trinajstić information content (AvgIpc) is 2.76. The van der Waals surface area contributed by atoms with E-state index < -0.39 is 5.97 Å². The van der Waals surface area contributed by atoms with Gasteiger partial charge in [-0.3, -0.25) is 9.78 Å². The second-order valence-electron chi connectivity index (χ2n) is 4.96. The normalized spacial score (nSPS) is 18.8. The van der Waals surface area contributed by atoms with Gasteiger partial charge in [0.05, 0.1) is 24.0 Å². The van der Waals surface area contributed by atoms with Gasteiger partial charge in [-0.25, -0.2) is 4.79 Å². The number of hydrogen-bond acceptors (Lipinski definition) is 4. The highest BCUT2D eigenvalue weighted by atomic mass is 16.4. The van der Waals surface area contributed by atoms with E-state index in [0.29, 0.717) is 11.4 Å². The molecule has 108 valence electrons. The number of likely N-dealkylation sites (N-methyl/N-ethyl adjacent to an activating group) is 1. The van der Waals surface area contributed by atoms with E-state index in [9.17, 15) is 9.59 Å². The van der Waals surface area contributed by atoms with Crippen LogP contribution in [0.15, 0.2) is 18.3 Å². The fraction of sp³-hybridized carbons (Fsp3) is 0.462. The van der Waals surface area contributed by atoms with E-state index in [0.717, 1.165) is 19.5 Å². The molecule has 0 radical (unpaired) electrons. The number of likely N-dealkylation sites (tertiary alicyclic amines) is 1. The van der Waals surface area contributed by atoms with Crippen molar-refractivity contribution in [3.05, 3.63) is 24.0 Å². The summed E-state index contributed by atoms with van der Waals surface area (Å²) in [5, 5.41) is 14.2. The van der Waals surface area contributed by atoms with Crippen molar-refractivity contribution in [2.24, 2.45) is 0 Å². The van der Waals surface area contributed by atoms with Crippen LogP contribution in [0.4, 0.5) is 10.5 Å². The van der Waals surface area contributed by atoms with Crippen LogP contribution in [-0.2, 0) is 11.2 Å². The van der Waals surface area contributed by atoms with Gasteiger partial charge in [0, 0.05) is 12.6 Å². The largest absolute Gasteiger partial charge is 0.481 e. The molecule has 7 nitrogen and oxygen atoms in total. The van der Waals surface area contributed by atoms with Crippen LogP contribution in [0.25, 0.3) is 0 Å². The first kappa shape index (κ1) is 14.3. The van der Waals surface area contributed by atoms with Gasteiger partial charge in [0.2, 0.25) is 0 Å². The number of urea groups is 1. The second-order valence-corrected chi connectivity index (χ2v) is 4.96. The predicted molar refractivity (Wildman–Crippen MR) is 73.6 cm³/mol. The molecule has 1 fully saturated rings. The summed E-state index contributed by atoms with van der Waals surface area (Å²) >= 11 is 0. The number of carboxylic acid groups (broad SMARTS) is 1. The van der Waals surface area contributed by atoms with Crippen molar-refractivity contribution in [2.75, 3.05) is 25.5 Å². The Bertz CT molecular complexity index is 489. The van der Waals surface area contributed by atoms with Crippen molar-refractivity contribution in [1.82, 2.24) is 15.2 Å². The number of aliphatic carboxylic acids is 1. The van der Waals surface area contributed by atoms with Crippen molar-refractivity contribution in [2.45, 2.75) is 18.9 Å². The summed E-state index contributed by atoms with van der Waals surface area (Å²) in [6, 6.07) is 3.14. The van der Waals surface area contributed by atoms with Crippen molar-refractivity contribution in [3.63, 3.8) is 0 Å². The minimum absolute atomic E-state index is 0.124. The maximum Gasteiger partial charge on any atom is 0.319 e. The van der Waals surface area contributed by atoms with Crippen molar-refractivity contribution >= 4 is 17.7 Å². The van der Waals surface area contributed by atoms with Gasteiger partial charge >= 0.3 is 12.0 Å². The smallest absolute Gasteiger partial charge is 0.319 e. The molecule has 7 heteroatoms. The molecule has 2 amide bonds. The molecule has 2 heterocycles. The van der Waals surface area contributed by atoms with Crippen LogP contribution in [0, 0.1) is 0 Å². The van der Waals surface area contributed by atoms with E-state index in [1.54, 1.807) is 12.1 Å². The van der Waals surface area contributed by atoms with Crippen molar-refractivity contribution in [3.8, 4) is 0 Å². The van der Waals surface area contributed by atoms with Crippen molar-refractivity contribution < 1.29 is 14.7 Å². The molecule has 0 bridgehead atoms. The van der Waals surface area contributed by atoms with Gasteiger partial charge in [0.15, 0.2) is 0 Å². The summed E-state index contributed by atoms with van der Waals surface area (Å²) in [6.07, 6.45) is 2.28. The molecule has 1 saturated heterocycles. The van der Waals surface area contributed by atoms with E-state index in [4.69, 9.17) is 5.11 Å². The van der Waals surface area contributed by atoms with Gasteiger partial charge in [-0.15, -0.1) is 0 Å². The zero-order valence-corrected chi connectivity index (χ0v) is 11.3. The lowest BCUT2D eigenvalue weighted by atomic mass is 10.2. The maximum absolute atomic E-state index is 11.8. The fourth-order valence-electron chi connectivity index (χ4n) is 2.16. The highest BCUT2D eigenvalue weighted by Crippen LogP contribution is 2.09. The number of anilines is 1. The third-order valence-corrected chi connectivity index (χ3v) is 3.14. The number of carbonyl (C=O) groups is 2. The van der Waals surface area contributed by atoms with Gasteiger partial charge in [-0.2, -0.15) is 0 Å². The highest BCUT2D eigenvalue weighted by molar-refractivity contribution is 5.89. The van der Waals surface area contributed by atoms with Crippen LogP contribution in [0.3, 0.4) is 0 Å². The molecule has 1 unspecified atom stereocenters. The van der Waals surface area contributed by atoms with Crippen LogP contribution in [-0.4, -0.2) is 53.2 Å². The number of rotatable bonds is 4.